The second-order valence-electron chi connectivity index (χ2n) is 8.39. The number of hydrogen-bond acceptors (Lipinski definition) is 5. The first-order valence-corrected chi connectivity index (χ1v) is 11.1. The fraction of sp³-hybridized carbons (Fsp3) is 0.192. The lowest BCUT2D eigenvalue weighted by molar-refractivity contribution is -0.140. The highest BCUT2D eigenvalue weighted by atomic mass is 19.4. The van der Waals surface area contributed by atoms with Crippen LogP contribution >= 0.6 is 0 Å². The van der Waals surface area contributed by atoms with E-state index in [0.29, 0.717) is 29.5 Å². The monoisotopic (exact) mass is 492 g/mol. The third-order valence-corrected chi connectivity index (χ3v) is 5.95. The average molecular weight is 493 g/mol. The normalized spacial score (nSPS) is 11.7. The van der Waals surface area contributed by atoms with Gasteiger partial charge in [-0.25, -0.2) is 15.0 Å². The Kier molecular flexibility index (Phi) is 5.87. The van der Waals surface area contributed by atoms with Crippen molar-refractivity contribution in [2.75, 3.05) is 12.4 Å². The summed E-state index contributed by atoms with van der Waals surface area (Å²) in [7, 11) is 5.08. The largest absolute Gasteiger partial charge is 0.491 e. The zero-order valence-electron chi connectivity index (χ0n) is 19.8. The van der Waals surface area contributed by atoms with Gasteiger partial charge in [0, 0.05) is 49.5 Å². The molecule has 0 spiro atoms. The van der Waals surface area contributed by atoms with Crippen molar-refractivity contribution in [1.29, 1.82) is 0 Å². The van der Waals surface area contributed by atoms with Gasteiger partial charge >= 0.3 is 6.18 Å². The van der Waals surface area contributed by atoms with Crippen LogP contribution in [0.25, 0.3) is 33.7 Å². The second-order valence-corrected chi connectivity index (χ2v) is 8.39. The van der Waals surface area contributed by atoms with Gasteiger partial charge in [-0.1, -0.05) is 36.4 Å². The number of methoxy groups -OCH3 is 1. The third-order valence-electron chi connectivity index (χ3n) is 5.95. The highest BCUT2D eigenvalue weighted by Crippen LogP contribution is 2.32. The summed E-state index contributed by atoms with van der Waals surface area (Å²) < 4.78 is 47.8. The number of anilines is 1. The number of halogens is 3. The second kappa shape index (κ2) is 9.03. The first-order chi connectivity index (χ1) is 17.2. The van der Waals surface area contributed by atoms with Crippen molar-refractivity contribution in [3.63, 3.8) is 0 Å². The summed E-state index contributed by atoms with van der Waals surface area (Å²) in [5.41, 5.74) is 2.53. The molecule has 36 heavy (non-hydrogen) atoms. The van der Waals surface area contributed by atoms with Crippen LogP contribution in [0.15, 0.2) is 67.1 Å². The Morgan fingerprint density at radius 1 is 0.972 bits per heavy atom. The number of imidazole rings is 1. The number of nitrogens with one attached hydrogen (secondary N) is 1. The molecule has 3 heterocycles. The first-order valence-electron chi connectivity index (χ1n) is 11.1. The van der Waals surface area contributed by atoms with Crippen molar-refractivity contribution in [3.05, 3.63) is 78.4 Å². The minimum atomic E-state index is -4.49. The number of hydrogen-bond donors (Lipinski definition) is 1. The van der Waals surface area contributed by atoms with E-state index in [-0.39, 0.29) is 5.82 Å². The van der Waals surface area contributed by atoms with Gasteiger partial charge in [-0.3, -0.25) is 0 Å². The van der Waals surface area contributed by atoms with Crippen molar-refractivity contribution in [1.82, 2.24) is 24.1 Å². The van der Waals surface area contributed by atoms with E-state index >= 15 is 0 Å². The Morgan fingerprint density at radius 2 is 1.75 bits per heavy atom. The molecule has 10 heteroatoms. The van der Waals surface area contributed by atoms with E-state index in [1.807, 2.05) is 54.2 Å². The molecule has 7 nitrogen and oxygen atoms in total. The smallest absolute Gasteiger partial charge is 0.434 e. The Labute approximate surface area is 205 Å². The molecule has 0 bridgehead atoms. The lowest BCUT2D eigenvalue weighted by Gasteiger charge is -2.13. The predicted octanol–water partition coefficient (Wildman–Crippen LogP) is 5.68. The Morgan fingerprint density at radius 3 is 2.44 bits per heavy atom. The summed E-state index contributed by atoms with van der Waals surface area (Å²) in [6, 6.07) is 15.2. The van der Waals surface area contributed by atoms with Gasteiger partial charge in [0.2, 0.25) is 0 Å². The van der Waals surface area contributed by atoms with Gasteiger partial charge in [-0.05, 0) is 17.7 Å². The number of aryl methyl sites for hydroxylation is 2. The van der Waals surface area contributed by atoms with Crippen molar-refractivity contribution in [2.24, 2.45) is 14.1 Å². The quantitative estimate of drug-likeness (QED) is 0.331. The van der Waals surface area contributed by atoms with Crippen LogP contribution in [-0.2, 0) is 26.8 Å². The maximum absolute atomic E-state index is 13.0. The zero-order chi connectivity index (χ0) is 25.4. The summed E-state index contributed by atoms with van der Waals surface area (Å²) in [6.07, 6.45) is 0.130. The SMILES string of the molecule is COc1cnc(-c2cccc3ccn(C)c23)nc1NCc1ccc(-c2nc(C(F)(F)F)cn2C)cc1. The van der Waals surface area contributed by atoms with Crippen LogP contribution in [0.5, 0.6) is 5.75 Å². The molecule has 5 aromatic rings. The molecule has 1 N–H and O–H groups in total. The minimum absolute atomic E-state index is 0.249. The van der Waals surface area contributed by atoms with E-state index < -0.39 is 11.9 Å². The van der Waals surface area contributed by atoms with Gasteiger partial charge < -0.3 is 19.2 Å². The van der Waals surface area contributed by atoms with Gasteiger partial charge in [0.25, 0.3) is 0 Å². The van der Waals surface area contributed by atoms with Crippen LogP contribution in [0.1, 0.15) is 11.3 Å². The molecular weight excluding hydrogens is 469 g/mol. The lowest BCUT2D eigenvalue weighted by Crippen LogP contribution is -2.06. The summed E-state index contributed by atoms with van der Waals surface area (Å²) in [5, 5.41) is 4.39. The van der Waals surface area contributed by atoms with Crippen molar-refractivity contribution >= 4 is 16.7 Å². The number of para-hydroxylation sites is 1. The maximum Gasteiger partial charge on any atom is 0.434 e. The zero-order valence-corrected chi connectivity index (χ0v) is 19.8. The van der Waals surface area contributed by atoms with E-state index in [9.17, 15) is 13.2 Å². The van der Waals surface area contributed by atoms with E-state index in [1.165, 1.54) is 4.57 Å². The van der Waals surface area contributed by atoms with E-state index in [2.05, 4.69) is 15.3 Å². The summed E-state index contributed by atoms with van der Waals surface area (Å²) in [6.45, 7) is 0.426. The van der Waals surface area contributed by atoms with Crippen LogP contribution < -0.4 is 10.1 Å². The number of alkyl halides is 3. The lowest BCUT2D eigenvalue weighted by atomic mass is 10.1. The molecule has 0 unspecified atom stereocenters. The molecule has 0 atom stereocenters. The topological polar surface area (TPSA) is 69.8 Å². The van der Waals surface area contributed by atoms with Gasteiger partial charge in [0.15, 0.2) is 23.1 Å². The number of aromatic nitrogens is 5. The van der Waals surface area contributed by atoms with Gasteiger partial charge in [-0.15, -0.1) is 0 Å². The highest BCUT2D eigenvalue weighted by Gasteiger charge is 2.34. The van der Waals surface area contributed by atoms with Crippen molar-refractivity contribution < 1.29 is 17.9 Å². The van der Waals surface area contributed by atoms with Crippen LogP contribution in [0.2, 0.25) is 0 Å². The van der Waals surface area contributed by atoms with Gasteiger partial charge in [0.05, 0.1) is 18.8 Å². The summed E-state index contributed by atoms with van der Waals surface area (Å²) >= 11 is 0. The molecule has 184 valence electrons. The fourth-order valence-corrected chi connectivity index (χ4v) is 4.14. The summed E-state index contributed by atoms with van der Waals surface area (Å²) in [5.74, 6) is 1.86. The number of benzene rings is 2. The van der Waals surface area contributed by atoms with Crippen LogP contribution in [0, 0.1) is 0 Å². The molecule has 5 rings (SSSR count). The molecular formula is C26H23F3N6O. The van der Waals surface area contributed by atoms with Crippen molar-refractivity contribution in [3.8, 4) is 28.5 Å². The molecule has 0 aliphatic carbocycles. The molecule has 0 aliphatic heterocycles. The first kappa shape index (κ1) is 23.4. The molecule has 3 aromatic heterocycles. The Bertz CT molecular complexity index is 1540. The maximum atomic E-state index is 13.0. The minimum Gasteiger partial charge on any atom is -0.491 e. The standard InChI is InChI=1S/C26H23F3N6O/c1-34-12-11-17-5-4-6-19(22(17)34)23-31-14-20(36-3)24(33-23)30-13-16-7-9-18(10-8-16)25-32-21(15-35(25)2)26(27,28)29/h4-12,14-15H,13H2,1-3H3,(H,30,31,33). The number of ether oxygens (including phenoxy) is 1. The van der Waals surface area contributed by atoms with E-state index in [4.69, 9.17) is 9.72 Å². The molecule has 0 amide bonds. The molecule has 0 fully saturated rings. The Hall–Kier alpha value is -4.34. The molecule has 0 saturated heterocycles. The third kappa shape index (κ3) is 4.37. The molecule has 0 radical (unpaired) electrons. The average Bonchev–Trinajstić information content (AvgIpc) is 3.45. The number of nitrogens with zero attached hydrogens (tertiary/aromatic N) is 5. The van der Waals surface area contributed by atoms with Crippen LogP contribution in [-0.4, -0.2) is 31.2 Å². The van der Waals surface area contributed by atoms with Crippen LogP contribution in [0.4, 0.5) is 19.0 Å². The number of rotatable bonds is 6. The van der Waals surface area contributed by atoms with Gasteiger partial charge in [0.1, 0.15) is 5.82 Å². The number of fused-ring (bicyclic) bond motifs is 1. The molecule has 2 aromatic carbocycles. The summed E-state index contributed by atoms with van der Waals surface area (Å²) in [4.78, 5) is 13.0. The Balaban J connectivity index is 1.38. The fourth-order valence-electron chi connectivity index (χ4n) is 4.14. The highest BCUT2D eigenvalue weighted by molar-refractivity contribution is 5.93. The van der Waals surface area contributed by atoms with E-state index in [1.54, 1.807) is 32.5 Å². The molecule has 0 saturated carbocycles. The predicted molar refractivity (Wildman–Crippen MR) is 131 cm³/mol. The molecule has 0 aliphatic rings. The van der Waals surface area contributed by atoms with Gasteiger partial charge in [-0.2, -0.15) is 13.2 Å². The van der Waals surface area contributed by atoms with Crippen LogP contribution in [0.3, 0.4) is 0 Å². The van der Waals surface area contributed by atoms with E-state index in [0.717, 1.165) is 28.2 Å². The van der Waals surface area contributed by atoms with Crippen molar-refractivity contribution in [2.45, 2.75) is 12.7 Å².